The van der Waals surface area contributed by atoms with Gasteiger partial charge in [0.05, 0.1) is 0 Å². The smallest absolute Gasteiger partial charge is 0.240 e. The molecule has 8 rings (SSSR count). The molecule has 66 heavy (non-hydrogen) atoms. The zero-order valence-electron chi connectivity index (χ0n) is 40.1. The number of nitrogens with zero attached hydrogens (tertiary/aromatic N) is 4. The number of allylic oxidation sites excluding steroid dienone is 9. The van der Waals surface area contributed by atoms with E-state index < -0.39 is 17.6 Å². The molecule has 2 saturated heterocycles. The standard InChI is InChI=1S/C57H66N4O4S/c1-10-60-53(64)50(54(65)61(11-2)55(60)66)49-37(25-29-43-33-36(3)58(8)46-30-26-41(34-44(46)56(43,4)5)51(62)39-19-14-12-15-20-39)23-18-24-38(49)28-32-48-57(6,7)45-35-42(27-31-47(45)59(48)9)52(63)40-21-16-13-17-22-40/h12-17,19-22,25-32,34-36,43-44,46,50,53,64H,10-11,18,23-24,33H2,1-9H3/b29-25+,38-28+,48-32+. The Balaban J connectivity index is 1.20. The first-order valence-corrected chi connectivity index (χ1v) is 24.2. The monoisotopic (exact) mass is 902 g/mol. The van der Waals surface area contributed by atoms with Crippen molar-refractivity contribution < 1.29 is 19.5 Å². The minimum absolute atomic E-state index is 0.00473. The zero-order valence-corrected chi connectivity index (χ0v) is 40.9. The quantitative estimate of drug-likeness (QED) is 0.159. The van der Waals surface area contributed by atoms with Gasteiger partial charge in [-0.1, -0.05) is 125 Å². The SMILES string of the molecule is CCN1C(=O)C(C2=C(/C=C/C3CC(C)N(C)C4C=CC(C(=O)c5ccccc5)=CC4C3(C)C)CCC/C2=C\C=C2\N(C)c3ccc(C(=O)c4ccccc4)cc3C2(C)C)C(O)N(CC)C1=S. The number of carbonyl (C=O) groups is 3. The Labute approximate surface area is 397 Å². The van der Waals surface area contributed by atoms with E-state index in [0.717, 1.165) is 64.9 Å². The van der Waals surface area contributed by atoms with Gasteiger partial charge in [0.1, 0.15) is 12.1 Å². The lowest BCUT2D eigenvalue weighted by Crippen LogP contribution is -2.62. The highest BCUT2D eigenvalue weighted by Crippen LogP contribution is 2.50. The molecule has 3 aromatic rings. The Morgan fingerprint density at radius 1 is 0.864 bits per heavy atom. The molecule has 9 heteroatoms. The summed E-state index contributed by atoms with van der Waals surface area (Å²) in [7, 11) is 4.27. The number of hydrogen-bond donors (Lipinski definition) is 1. The number of aliphatic hydroxyl groups is 1. The van der Waals surface area contributed by atoms with Crippen LogP contribution in [0.15, 0.2) is 149 Å². The van der Waals surface area contributed by atoms with E-state index in [9.17, 15) is 19.5 Å². The molecule has 1 N–H and O–H groups in total. The van der Waals surface area contributed by atoms with E-state index in [2.05, 4.69) is 95.0 Å². The normalized spacial score (nSPS) is 27.7. The first kappa shape index (κ1) is 47.0. The van der Waals surface area contributed by atoms with E-state index in [0.29, 0.717) is 34.9 Å². The molecule has 0 bridgehead atoms. The third kappa shape index (κ3) is 8.32. The second-order valence-electron chi connectivity index (χ2n) is 19.9. The first-order chi connectivity index (χ1) is 31.5. The minimum atomic E-state index is -1.12. The van der Waals surface area contributed by atoms with Crippen molar-refractivity contribution in [2.24, 2.45) is 23.2 Å². The largest absolute Gasteiger partial charge is 0.372 e. The van der Waals surface area contributed by atoms with Gasteiger partial charge in [0.25, 0.3) is 0 Å². The summed E-state index contributed by atoms with van der Waals surface area (Å²) in [6.45, 7) is 16.1. The number of amides is 1. The topological polar surface area (TPSA) is 84.4 Å². The molecule has 0 saturated carbocycles. The summed E-state index contributed by atoms with van der Waals surface area (Å²) in [6.07, 6.45) is 17.7. The molecule has 1 amide bonds. The number of fused-ring (bicyclic) bond motifs is 2. The van der Waals surface area contributed by atoms with Gasteiger partial charge in [-0.2, -0.15) is 0 Å². The number of rotatable bonds is 10. The van der Waals surface area contributed by atoms with Crippen LogP contribution in [0.3, 0.4) is 0 Å². The average Bonchev–Trinajstić information content (AvgIpc) is 3.47. The number of ketones is 2. The van der Waals surface area contributed by atoms with Crippen LogP contribution in [0, 0.1) is 23.2 Å². The summed E-state index contributed by atoms with van der Waals surface area (Å²) >= 11 is 5.81. The molecule has 0 radical (unpaired) electrons. The van der Waals surface area contributed by atoms with E-state index in [1.54, 1.807) is 9.80 Å². The number of hydrogen-bond acceptors (Lipinski definition) is 7. The number of Topliss-reactive ketones (excluding diaryl/α,β-unsaturated/α-hetero) is 1. The highest BCUT2D eigenvalue weighted by Gasteiger charge is 2.48. The van der Waals surface area contributed by atoms with Gasteiger partial charge >= 0.3 is 0 Å². The Morgan fingerprint density at radius 2 is 1.53 bits per heavy atom. The molecular weight excluding hydrogens is 837 g/mol. The van der Waals surface area contributed by atoms with E-state index in [1.807, 2.05) is 98.8 Å². The van der Waals surface area contributed by atoms with Gasteiger partial charge in [0.15, 0.2) is 16.7 Å². The fourth-order valence-electron chi connectivity index (χ4n) is 11.4. The average molecular weight is 903 g/mol. The van der Waals surface area contributed by atoms with Crippen molar-refractivity contribution in [3.63, 3.8) is 0 Å². The molecule has 5 aliphatic rings. The summed E-state index contributed by atoms with van der Waals surface area (Å²) in [5.74, 6) is -0.779. The number of thiocarbonyl (C=S) groups is 1. The predicted molar refractivity (Wildman–Crippen MR) is 270 cm³/mol. The van der Waals surface area contributed by atoms with Gasteiger partial charge in [-0.05, 0) is 124 Å². The van der Waals surface area contributed by atoms with Crippen LogP contribution in [0.5, 0.6) is 0 Å². The second kappa shape index (κ2) is 18.7. The Morgan fingerprint density at radius 3 is 2.18 bits per heavy atom. The first-order valence-electron chi connectivity index (χ1n) is 23.8. The highest BCUT2D eigenvalue weighted by molar-refractivity contribution is 7.80. The number of anilines is 1. The van der Waals surface area contributed by atoms with Crippen LogP contribution in [0.1, 0.15) is 106 Å². The van der Waals surface area contributed by atoms with Crippen molar-refractivity contribution in [2.45, 2.75) is 97.9 Å². The molecule has 2 aliphatic carbocycles. The Hall–Kier alpha value is -5.48. The maximum atomic E-state index is 14.7. The van der Waals surface area contributed by atoms with Crippen molar-refractivity contribution in [3.05, 3.63) is 172 Å². The molecule has 8 nitrogen and oxygen atoms in total. The second-order valence-corrected chi connectivity index (χ2v) is 20.3. The minimum Gasteiger partial charge on any atom is -0.372 e. The van der Waals surface area contributed by atoms with E-state index in [1.165, 1.54) is 0 Å². The van der Waals surface area contributed by atoms with Crippen molar-refractivity contribution in [1.82, 2.24) is 14.7 Å². The summed E-state index contributed by atoms with van der Waals surface area (Å²) in [5, 5.41) is 12.6. The van der Waals surface area contributed by atoms with E-state index in [-0.39, 0.29) is 46.8 Å². The van der Waals surface area contributed by atoms with Gasteiger partial charge in [0.2, 0.25) is 5.91 Å². The third-order valence-corrected chi connectivity index (χ3v) is 16.0. The van der Waals surface area contributed by atoms with Crippen LogP contribution in [-0.4, -0.2) is 87.9 Å². The molecule has 6 unspecified atom stereocenters. The summed E-state index contributed by atoms with van der Waals surface area (Å²) in [6, 6.07) is 25.3. The van der Waals surface area contributed by atoms with Crippen LogP contribution in [0.25, 0.3) is 0 Å². The maximum Gasteiger partial charge on any atom is 0.240 e. The van der Waals surface area contributed by atoms with E-state index >= 15 is 0 Å². The summed E-state index contributed by atoms with van der Waals surface area (Å²) in [5.41, 5.74) is 8.24. The highest BCUT2D eigenvalue weighted by atomic mass is 32.1. The Kier molecular flexibility index (Phi) is 13.3. The van der Waals surface area contributed by atoms with Gasteiger partial charge in [0, 0.05) is 77.2 Å². The van der Waals surface area contributed by atoms with Crippen LogP contribution in [0.2, 0.25) is 0 Å². The summed E-state index contributed by atoms with van der Waals surface area (Å²) in [4.78, 5) is 50.2. The fourth-order valence-corrected chi connectivity index (χ4v) is 11.8. The Bertz CT molecular complexity index is 2600. The molecule has 3 heterocycles. The molecule has 0 aromatic heterocycles. The van der Waals surface area contributed by atoms with Crippen LogP contribution < -0.4 is 4.90 Å². The molecule has 6 atom stereocenters. The molecule has 0 spiro atoms. The van der Waals surface area contributed by atoms with Gasteiger partial charge in [-0.3, -0.25) is 24.2 Å². The van der Waals surface area contributed by atoms with Gasteiger partial charge in [-0.25, -0.2) is 0 Å². The third-order valence-electron chi connectivity index (χ3n) is 15.6. The number of aliphatic hydroxyl groups excluding tert-OH is 1. The zero-order chi connectivity index (χ0) is 47.2. The lowest BCUT2D eigenvalue weighted by Gasteiger charge is -2.45. The van der Waals surface area contributed by atoms with Crippen molar-refractivity contribution in [1.29, 1.82) is 0 Å². The lowest BCUT2D eigenvalue weighted by molar-refractivity contribution is -0.142. The molecule has 3 aliphatic heterocycles. The number of likely N-dealkylation sites (N-methyl/N-ethyl adjacent to an activating group) is 2. The predicted octanol–water partition coefficient (Wildman–Crippen LogP) is 10.6. The fraction of sp³-hybridized carbons (Fsp3) is 0.404. The molecule has 3 aromatic carbocycles. The maximum absolute atomic E-state index is 14.7. The van der Waals surface area contributed by atoms with Crippen molar-refractivity contribution in [3.8, 4) is 0 Å². The number of likely N-dealkylation sites (tertiary alicyclic amines) is 1. The summed E-state index contributed by atoms with van der Waals surface area (Å²) < 4.78 is 0. The molecule has 344 valence electrons. The number of carbonyl (C=O) groups excluding carboxylic acids is 3. The van der Waals surface area contributed by atoms with Gasteiger partial charge < -0.3 is 14.9 Å². The van der Waals surface area contributed by atoms with Crippen LogP contribution in [0.4, 0.5) is 5.69 Å². The number of benzene rings is 3. The van der Waals surface area contributed by atoms with Crippen LogP contribution in [-0.2, 0) is 10.2 Å². The van der Waals surface area contributed by atoms with Crippen LogP contribution >= 0.6 is 12.2 Å². The molecule has 2 fully saturated rings. The lowest BCUT2D eigenvalue weighted by atomic mass is 9.64. The van der Waals surface area contributed by atoms with Crippen molar-refractivity contribution >= 4 is 40.5 Å². The van der Waals surface area contributed by atoms with Crippen molar-refractivity contribution in [2.75, 3.05) is 32.1 Å². The molecular formula is C57H66N4O4S. The van der Waals surface area contributed by atoms with Gasteiger partial charge in [-0.15, -0.1) is 0 Å². The van der Waals surface area contributed by atoms with E-state index in [4.69, 9.17) is 12.2 Å².